The fourth-order valence-corrected chi connectivity index (χ4v) is 4.09. The summed E-state index contributed by atoms with van der Waals surface area (Å²) in [6, 6.07) is 15.4. The Hall–Kier alpha value is -4.68. The Morgan fingerprint density at radius 3 is 2.56 bits per heavy atom. The minimum atomic E-state index is -0.444. The number of rotatable bonds is 9. The van der Waals surface area contributed by atoms with Crippen LogP contribution in [0.5, 0.6) is 5.75 Å². The Bertz CT molecular complexity index is 1400. The molecular weight excluding hydrogens is 502 g/mol. The van der Waals surface area contributed by atoms with Crippen LogP contribution >= 0.6 is 0 Å². The third-order valence-corrected chi connectivity index (χ3v) is 6.08. The van der Waals surface area contributed by atoms with Crippen molar-refractivity contribution in [2.75, 3.05) is 55.4 Å². The summed E-state index contributed by atoms with van der Waals surface area (Å²) in [6.45, 7) is 6.21. The van der Waals surface area contributed by atoms with Gasteiger partial charge in [0.25, 0.3) is 5.91 Å². The average molecular weight is 532 g/mol. The lowest BCUT2D eigenvalue weighted by molar-refractivity contribution is 0.0323. The van der Waals surface area contributed by atoms with Crippen LogP contribution in [0.15, 0.2) is 65.3 Å². The number of nitrogens with one attached hydrogen (secondary N) is 4. The zero-order chi connectivity index (χ0) is 27.0. The van der Waals surface area contributed by atoms with Gasteiger partial charge in [0.1, 0.15) is 23.9 Å². The number of aromatic nitrogens is 3. The van der Waals surface area contributed by atoms with E-state index in [0.29, 0.717) is 41.0 Å². The number of hydrogen-bond donors (Lipinski definition) is 4. The molecule has 0 spiro atoms. The fraction of sp³-hybridized carbons (Fsp3) is 0.259. The Morgan fingerprint density at radius 1 is 1.03 bits per heavy atom. The molecule has 3 amide bonds. The van der Waals surface area contributed by atoms with Gasteiger partial charge in [0, 0.05) is 48.6 Å². The second-order valence-electron chi connectivity index (χ2n) is 8.92. The van der Waals surface area contributed by atoms with Gasteiger partial charge in [-0.2, -0.15) is 5.10 Å². The van der Waals surface area contributed by atoms with Crippen molar-refractivity contribution >= 4 is 29.3 Å². The zero-order valence-electron chi connectivity index (χ0n) is 21.4. The molecule has 4 aromatic rings. The molecule has 1 saturated heterocycles. The molecule has 0 saturated carbocycles. The number of anilines is 3. The molecule has 1 fully saturated rings. The second-order valence-corrected chi connectivity index (χ2v) is 8.92. The summed E-state index contributed by atoms with van der Waals surface area (Å²) >= 11 is 0. The number of amides is 3. The van der Waals surface area contributed by atoms with Crippen LogP contribution in [-0.4, -0.2) is 71.6 Å². The third-order valence-electron chi connectivity index (χ3n) is 6.08. The van der Waals surface area contributed by atoms with Crippen LogP contribution < -0.4 is 20.7 Å². The number of aromatic amines is 1. The molecule has 0 aliphatic carbocycles. The average Bonchev–Trinajstić information content (AvgIpc) is 3.61. The maximum atomic E-state index is 12.9. The molecule has 5 rings (SSSR count). The van der Waals surface area contributed by atoms with Crippen molar-refractivity contribution in [2.24, 2.45) is 0 Å². The molecule has 0 radical (unpaired) electrons. The fourth-order valence-electron chi connectivity index (χ4n) is 4.09. The van der Waals surface area contributed by atoms with Gasteiger partial charge in [-0.05, 0) is 42.8 Å². The highest BCUT2D eigenvalue weighted by atomic mass is 16.5. The highest BCUT2D eigenvalue weighted by Gasteiger charge is 2.15. The number of nitrogens with zero attached hydrogens (tertiary/aromatic N) is 3. The molecule has 4 N–H and O–H groups in total. The summed E-state index contributed by atoms with van der Waals surface area (Å²) in [5, 5.41) is 18.5. The number of hydrogen-bond acceptors (Lipinski definition) is 8. The summed E-state index contributed by atoms with van der Waals surface area (Å²) in [5.41, 5.74) is 2.62. The first kappa shape index (κ1) is 25.9. The lowest BCUT2D eigenvalue weighted by Gasteiger charge is -2.26. The van der Waals surface area contributed by atoms with Gasteiger partial charge < -0.3 is 24.6 Å². The number of morpholine rings is 1. The van der Waals surface area contributed by atoms with Crippen LogP contribution in [0, 0.1) is 6.92 Å². The summed E-state index contributed by atoms with van der Waals surface area (Å²) in [7, 11) is 0. The molecule has 2 aromatic heterocycles. The summed E-state index contributed by atoms with van der Waals surface area (Å²) < 4.78 is 16.6. The molecular formula is C27H29N7O5. The number of aryl methyl sites for hydroxylation is 1. The number of carbonyl (C=O) groups excluding carboxylic acids is 2. The second kappa shape index (κ2) is 12.2. The number of H-pyrrole nitrogens is 1. The van der Waals surface area contributed by atoms with Gasteiger partial charge in [-0.25, -0.2) is 4.79 Å². The molecule has 12 nitrogen and oxygen atoms in total. The van der Waals surface area contributed by atoms with Crippen LogP contribution in [0.25, 0.3) is 11.1 Å². The molecule has 0 atom stereocenters. The van der Waals surface area contributed by atoms with E-state index in [2.05, 4.69) is 36.2 Å². The Labute approximate surface area is 224 Å². The van der Waals surface area contributed by atoms with Crippen molar-refractivity contribution in [2.45, 2.75) is 6.92 Å². The molecule has 39 heavy (non-hydrogen) atoms. The molecule has 1 aliphatic heterocycles. The quantitative estimate of drug-likeness (QED) is 0.254. The third kappa shape index (κ3) is 7.00. The van der Waals surface area contributed by atoms with E-state index in [4.69, 9.17) is 14.0 Å². The van der Waals surface area contributed by atoms with E-state index in [1.807, 2.05) is 12.1 Å². The minimum absolute atomic E-state index is 0.279. The topological polar surface area (TPSA) is 147 Å². The van der Waals surface area contributed by atoms with Crippen molar-refractivity contribution < 1.29 is 23.6 Å². The van der Waals surface area contributed by atoms with E-state index >= 15 is 0 Å². The highest BCUT2D eigenvalue weighted by molar-refractivity contribution is 6.05. The smallest absolute Gasteiger partial charge is 0.324 e. The van der Waals surface area contributed by atoms with Crippen LogP contribution in [0.3, 0.4) is 0 Å². The minimum Gasteiger partial charge on any atom is -0.492 e. The SMILES string of the molecule is Cc1cc(NC(=O)Nc2ccc(-c3cc(C(=O)Nc4ccn[nH]4)ccc3OCCN3CCOCC3)cc2)no1. The molecule has 202 valence electrons. The molecule has 2 aromatic carbocycles. The van der Waals surface area contributed by atoms with Crippen molar-refractivity contribution in [3.63, 3.8) is 0 Å². The molecule has 1 aliphatic rings. The van der Waals surface area contributed by atoms with E-state index in [-0.39, 0.29) is 5.91 Å². The lowest BCUT2D eigenvalue weighted by Crippen LogP contribution is -2.38. The predicted octanol–water partition coefficient (Wildman–Crippen LogP) is 3.98. The van der Waals surface area contributed by atoms with E-state index in [1.165, 1.54) is 0 Å². The van der Waals surface area contributed by atoms with Gasteiger partial charge in [0.05, 0.1) is 19.4 Å². The van der Waals surface area contributed by atoms with E-state index in [0.717, 1.165) is 44.0 Å². The van der Waals surface area contributed by atoms with Crippen LogP contribution in [-0.2, 0) is 4.74 Å². The first-order chi connectivity index (χ1) is 19.0. The predicted molar refractivity (Wildman–Crippen MR) is 145 cm³/mol. The molecule has 0 unspecified atom stereocenters. The van der Waals surface area contributed by atoms with Crippen molar-refractivity contribution in [1.82, 2.24) is 20.3 Å². The van der Waals surface area contributed by atoms with E-state index in [1.54, 1.807) is 55.6 Å². The van der Waals surface area contributed by atoms with Gasteiger partial charge in [-0.3, -0.25) is 20.1 Å². The van der Waals surface area contributed by atoms with Gasteiger partial charge in [0.15, 0.2) is 5.82 Å². The lowest BCUT2D eigenvalue weighted by atomic mass is 10.0. The van der Waals surface area contributed by atoms with E-state index in [9.17, 15) is 9.59 Å². The number of carbonyl (C=O) groups is 2. The maximum absolute atomic E-state index is 12.9. The number of ether oxygens (including phenoxy) is 2. The van der Waals surface area contributed by atoms with Crippen molar-refractivity contribution in [3.05, 3.63) is 72.1 Å². The van der Waals surface area contributed by atoms with Gasteiger partial charge in [-0.1, -0.05) is 17.3 Å². The van der Waals surface area contributed by atoms with Gasteiger partial charge >= 0.3 is 6.03 Å². The Balaban J connectivity index is 1.31. The standard InChI is InChI=1S/C27H29N7O5/c1-18-16-25(33-39-18)31-27(36)29-21-5-2-19(3-6-21)22-17-20(26(35)30-24-8-9-28-32-24)4-7-23(22)38-15-12-34-10-13-37-14-11-34/h2-9,16-17H,10-15H2,1H3,(H2,28,30,32,35)(H2,29,31,33,36). The van der Waals surface area contributed by atoms with Gasteiger partial charge in [0.2, 0.25) is 0 Å². The molecule has 0 bridgehead atoms. The van der Waals surface area contributed by atoms with Crippen LogP contribution in [0.2, 0.25) is 0 Å². The largest absolute Gasteiger partial charge is 0.492 e. The number of benzene rings is 2. The molecule has 3 heterocycles. The normalized spacial score (nSPS) is 13.6. The monoisotopic (exact) mass is 531 g/mol. The Morgan fingerprint density at radius 2 is 1.85 bits per heavy atom. The highest BCUT2D eigenvalue weighted by Crippen LogP contribution is 2.32. The van der Waals surface area contributed by atoms with Gasteiger partial charge in [-0.15, -0.1) is 0 Å². The van der Waals surface area contributed by atoms with Crippen LogP contribution in [0.1, 0.15) is 16.1 Å². The van der Waals surface area contributed by atoms with Crippen LogP contribution in [0.4, 0.5) is 22.1 Å². The number of urea groups is 1. The van der Waals surface area contributed by atoms with Crippen molar-refractivity contribution in [1.29, 1.82) is 0 Å². The maximum Gasteiger partial charge on any atom is 0.324 e. The summed E-state index contributed by atoms with van der Waals surface area (Å²) in [6.07, 6.45) is 1.56. The zero-order valence-corrected chi connectivity index (χ0v) is 21.4. The van der Waals surface area contributed by atoms with E-state index < -0.39 is 6.03 Å². The van der Waals surface area contributed by atoms with Crippen molar-refractivity contribution in [3.8, 4) is 16.9 Å². The summed E-state index contributed by atoms with van der Waals surface area (Å²) in [5.74, 6) is 1.80. The first-order valence-electron chi connectivity index (χ1n) is 12.5. The summed E-state index contributed by atoms with van der Waals surface area (Å²) in [4.78, 5) is 27.5. The molecule has 12 heteroatoms. The Kier molecular flexibility index (Phi) is 8.15. The first-order valence-corrected chi connectivity index (χ1v) is 12.5.